The molecule has 5 nitrogen and oxygen atoms in total. The molecule has 2 fully saturated rings. The number of benzene rings is 1. The van der Waals surface area contributed by atoms with E-state index in [0.717, 1.165) is 17.8 Å². The highest BCUT2D eigenvalue weighted by molar-refractivity contribution is 5.94. The van der Waals surface area contributed by atoms with E-state index in [0.29, 0.717) is 19.0 Å². The van der Waals surface area contributed by atoms with E-state index in [4.69, 9.17) is 0 Å². The lowest BCUT2D eigenvalue weighted by Gasteiger charge is -2.38. The van der Waals surface area contributed by atoms with Crippen LogP contribution in [-0.4, -0.2) is 38.9 Å². The van der Waals surface area contributed by atoms with Gasteiger partial charge in [0, 0.05) is 30.8 Å². The van der Waals surface area contributed by atoms with Crippen molar-refractivity contribution in [1.82, 2.24) is 19.9 Å². The minimum atomic E-state index is -1.01. The molecule has 2 heterocycles. The largest absolute Gasteiger partial charge is 0.334 e. The van der Waals surface area contributed by atoms with Gasteiger partial charge in [-0.1, -0.05) is 5.21 Å². The zero-order valence-electron chi connectivity index (χ0n) is 11.7. The Labute approximate surface area is 125 Å². The number of likely N-dealkylation sites (tertiary alicyclic amines) is 1. The second kappa shape index (κ2) is 4.86. The molecule has 2 aromatic rings. The van der Waals surface area contributed by atoms with E-state index < -0.39 is 11.6 Å². The number of rotatable bonds is 3. The van der Waals surface area contributed by atoms with Gasteiger partial charge in [0.15, 0.2) is 11.6 Å². The van der Waals surface area contributed by atoms with Gasteiger partial charge in [0.1, 0.15) is 0 Å². The van der Waals surface area contributed by atoms with E-state index in [1.165, 1.54) is 18.9 Å². The van der Waals surface area contributed by atoms with Crippen molar-refractivity contribution in [3.05, 3.63) is 47.3 Å². The summed E-state index contributed by atoms with van der Waals surface area (Å²) in [5.41, 5.74) is 1.18. The third kappa shape index (κ3) is 2.26. The van der Waals surface area contributed by atoms with Crippen molar-refractivity contribution in [1.29, 1.82) is 0 Å². The Balaban J connectivity index is 1.41. The summed E-state index contributed by atoms with van der Waals surface area (Å²) in [6.07, 6.45) is 4.29. The van der Waals surface area contributed by atoms with Crippen LogP contribution in [-0.2, 0) is 0 Å². The highest BCUT2D eigenvalue weighted by Gasteiger charge is 2.34. The molecule has 0 N–H and O–H groups in total. The summed E-state index contributed by atoms with van der Waals surface area (Å²) < 4.78 is 27.9. The summed E-state index contributed by atoms with van der Waals surface area (Å²) >= 11 is 0. The number of carbonyl (C=O) groups is 1. The Kier molecular flexibility index (Phi) is 2.95. The molecular formula is C15H14F2N4O. The quantitative estimate of drug-likeness (QED) is 0.873. The summed E-state index contributed by atoms with van der Waals surface area (Å²) in [5.74, 6) is -1.70. The van der Waals surface area contributed by atoms with Crippen molar-refractivity contribution in [2.45, 2.75) is 24.8 Å². The minimum absolute atomic E-state index is 0.106. The molecule has 114 valence electrons. The summed E-state index contributed by atoms with van der Waals surface area (Å²) in [6, 6.07) is 3.31. The van der Waals surface area contributed by atoms with Crippen molar-refractivity contribution in [2.24, 2.45) is 0 Å². The van der Waals surface area contributed by atoms with Crippen LogP contribution in [0.15, 0.2) is 24.4 Å². The minimum Gasteiger partial charge on any atom is -0.334 e. The number of hydrogen-bond donors (Lipinski definition) is 0. The van der Waals surface area contributed by atoms with E-state index in [1.807, 2.05) is 6.20 Å². The third-order valence-electron chi connectivity index (χ3n) is 4.21. The number of nitrogens with zero attached hydrogens (tertiary/aromatic N) is 4. The average Bonchev–Trinajstić information content (AvgIpc) is 3.20. The number of hydrogen-bond acceptors (Lipinski definition) is 3. The Morgan fingerprint density at radius 3 is 2.64 bits per heavy atom. The standard InChI is InChI=1S/C15H14F2N4O/c16-12-4-3-10(5-13(12)17)15(22)20-6-11(7-20)21-8-14(18-19-21)9-1-2-9/h3-5,8-9,11H,1-2,6-7H2. The van der Waals surface area contributed by atoms with Crippen molar-refractivity contribution in [3.63, 3.8) is 0 Å². The Bertz CT molecular complexity index is 735. The maximum Gasteiger partial charge on any atom is 0.254 e. The van der Waals surface area contributed by atoms with Crippen molar-refractivity contribution >= 4 is 5.91 Å². The summed E-state index contributed by atoms with van der Waals surface area (Å²) in [6.45, 7) is 1.01. The van der Waals surface area contributed by atoms with E-state index in [1.54, 1.807) is 9.58 Å². The number of amides is 1. The van der Waals surface area contributed by atoms with Crippen LogP contribution >= 0.6 is 0 Å². The van der Waals surface area contributed by atoms with Crippen molar-refractivity contribution in [2.75, 3.05) is 13.1 Å². The van der Waals surface area contributed by atoms with Crippen LogP contribution in [0.3, 0.4) is 0 Å². The van der Waals surface area contributed by atoms with Gasteiger partial charge in [-0.3, -0.25) is 4.79 Å². The van der Waals surface area contributed by atoms with Crippen LogP contribution in [0.5, 0.6) is 0 Å². The van der Waals surface area contributed by atoms with Crippen LogP contribution in [0.25, 0.3) is 0 Å². The molecule has 0 radical (unpaired) electrons. The molecule has 1 saturated carbocycles. The Morgan fingerprint density at radius 1 is 1.18 bits per heavy atom. The van der Waals surface area contributed by atoms with Gasteiger partial charge in [-0.25, -0.2) is 13.5 Å². The van der Waals surface area contributed by atoms with Gasteiger partial charge in [-0.2, -0.15) is 0 Å². The Hall–Kier alpha value is -2.31. The van der Waals surface area contributed by atoms with Gasteiger partial charge in [0.25, 0.3) is 5.91 Å². The van der Waals surface area contributed by atoms with Gasteiger partial charge in [-0.15, -0.1) is 5.10 Å². The first-order chi connectivity index (χ1) is 10.6. The van der Waals surface area contributed by atoms with Crippen LogP contribution in [0.1, 0.15) is 40.9 Å². The first kappa shape index (κ1) is 13.4. The number of aromatic nitrogens is 3. The van der Waals surface area contributed by atoms with Crippen LogP contribution in [0.2, 0.25) is 0 Å². The Morgan fingerprint density at radius 2 is 1.95 bits per heavy atom. The molecule has 7 heteroatoms. The van der Waals surface area contributed by atoms with E-state index in [2.05, 4.69) is 10.3 Å². The van der Waals surface area contributed by atoms with E-state index >= 15 is 0 Å². The highest BCUT2D eigenvalue weighted by Crippen LogP contribution is 2.39. The predicted molar refractivity (Wildman–Crippen MR) is 73.3 cm³/mol. The molecule has 1 aromatic carbocycles. The lowest BCUT2D eigenvalue weighted by Crippen LogP contribution is -2.50. The fourth-order valence-electron chi connectivity index (χ4n) is 2.64. The molecule has 1 saturated heterocycles. The topological polar surface area (TPSA) is 51.0 Å². The molecule has 2 aliphatic rings. The van der Waals surface area contributed by atoms with Crippen LogP contribution in [0.4, 0.5) is 8.78 Å². The SMILES string of the molecule is O=C(c1ccc(F)c(F)c1)N1CC(n2cc(C3CC3)nn2)C1. The average molecular weight is 304 g/mol. The number of halogens is 2. The molecule has 1 aliphatic carbocycles. The molecule has 0 unspecified atom stereocenters. The van der Waals surface area contributed by atoms with E-state index in [9.17, 15) is 13.6 Å². The molecule has 0 spiro atoms. The lowest BCUT2D eigenvalue weighted by atomic mass is 10.1. The summed E-state index contributed by atoms with van der Waals surface area (Å²) in [4.78, 5) is 13.8. The first-order valence-electron chi connectivity index (χ1n) is 7.28. The van der Waals surface area contributed by atoms with Crippen LogP contribution in [0, 0.1) is 11.6 Å². The summed E-state index contributed by atoms with van der Waals surface area (Å²) in [7, 11) is 0. The van der Waals surface area contributed by atoms with Crippen molar-refractivity contribution in [3.8, 4) is 0 Å². The molecule has 1 aromatic heterocycles. The summed E-state index contributed by atoms with van der Waals surface area (Å²) in [5, 5.41) is 8.26. The van der Waals surface area contributed by atoms with Gasteiger partial charge in [0.05, 0.1) is 11.7 Å². The molecule has 0 bridgehead atoms. The second-order valence-corrected chi connectivity index (χ2v) is 5.89. The lowest BCUT2D eigenvalue weighted by molar-refractivity contribution is 0.0498. The van der Waals surface area contributed by atoms with Gasteiger partial charge in [-0.05, 0) is 31.0 Å². The maximum absolute atomic E-state index is 13.2. The van der Waals surface area contributed by atoms with Crippen LogP contribution < -0.4 is 0 Å². The fourth-order valence-corrected chi connectivity index (χ4v) is 2.64. The van der Waals surface area contributed by atoms with Gasteiger partial charge in [0.2, 0.25) is 0 Å². The molecule has 0 atom stereocenters. The van der Waals surface area contributed by atoms with Gasteiger partial charge >= 0.3 is 0 Å². The zero-order valence-corrected chi connectivity index (χ0v) is 11.7. The number of carbonyl (C=O) groups excluding carboxylic acids is 1. The van der Waals surface area contributed by atoms with Crippen molar-refractivity contribution < 1.29 is 13.6 Å². The predicted octanol–water partition coefficient (Wildman–Crippen LogP) is 2.13. The van der Waals surface area contributed by atoms with Gasteiger partial charge < -0.3 is 4.90 Å². The molecular weight excluding hydrogens is 290 g/mol. The molecule has 1 aliphatic heterocycles. The smallest absolute Gasteiger partial charge is 0.254 e. The molecule has 4 rings (SSSR count). The normalized spacial score (nSPS) is 18.4. The van der Waals surface area contributed by atoms with E-state index in [-0.39, 0.29) is 17.5 Å². The third-order valence-corrected chi connectivity index (χ3v) is 4.21. The highest BCUT2D eigenvalue weighted by atomic mass is 19.2. The molecule has 1 amide bonds. The molecule has 22 heavy (non-hydrogen) atoms. The maximum atomic E-state index is 13.2. The first-order valence-corrected chi connectivity index (χ1v) is 7.28. The fraction of sp³-hybridized carbons (Fsp3) is 0.400. The second-order valence-electron chi connectivity index (χ2n) is 5.89. The monoisotopic (exact) mass is 304 g/mol. The zero-order chi connectivity index (χ0) is 15.3.